The Bertz CT molecular complexity index is 856. The molecule has 3 aromatic rings. The molecule has 6 nitrogen and oxygen atoms in total. The lowest BCUT2D eigenvalue weighted by molar-refractivity contribution is -0.116. The smallest absolute Gasteiger partial charge is 0.247 e. The van der Waals surface area contributed by atoms with Crippen molar-refractivity contribution in [2.45, 2.75) is 19.8 Å². The highest BCUT2D eigenvalue weighted by atomic mass is 16.5. The molecule has 0 fully saturated rings. The van der Waals surface area contributed by atoms with Crippen LogP contribution in [-0.2, 0) is 11.2 Å². The fourth-order valence-electron chi connectivity index (χ4n) is 2.49. The van der Waals surface area contributed by atoms with Gasteiger partial charge < -0.3 is 14.5 Å². The molecule has 0 bridgehead atoms. The van der Waals surface area contributed by atoms with E-state index in [9.17, 15) is 4.79 Å². The van der Waals surface area contributed by atoms with E-state index in [4.69, 9.17) is 9.15 Å². The number of methoxy groups -OCH3 is 1. The number of para-hydroxylation sites is 1. The maximum absolute atomic E-state index is 12.2. The minimum Gasteiger partial charge on any atom is -0.496 e. The van der Waals surface area contributed by atoms with Gasteiger partial charge in [0, 0.05) is 24.6 Å². The van der Waals surface area contributed by atoms with E-state index in [0.717, 1.165) is 22.6 Å². The zero-order valence-electron chi connectivity index (χ0n) is 14.2. The molecule has 3 rings (SSSR count). The molecule has 0 spiro atoms. The molecular formula is C19H19N3O3. The van der Waals surface area contributed by atoms with Crippen LogP contribution in [0, 0.1) is 6.92 Å². The molecule has 0 aliphatic heterocycles. The Hall–Kier alpha value is -3.15. The van der Waals surface area contributed by atoms with Crippen LogP contribution in [0.5, 0.6) is 5.75 Å². The molecule has 0 aliphatic rings. The lowest BCUT2D eigenvalue weighted by Gasteiger charge is -2.09. The van der Waals surface area contributed by atoms with Crippen molar-refractivity contribution < 1.29 is 13.9 Å². The highest BCUT2D eigenvalue weighted by Crippen LogP contribution is 2.21. The van der Waals surface area contributed by atoms with E-state index >= 15 is 0 Å². The van der Waals surface area contributed by atoms with E-state index in [1.165, 1.54) is 0 Å². The van der Waals surface area contributed by atoms with Gasteiger partial charge in [0.25, 0.3) is 0 Å². The van der Waals surface area contributed by atoms with Gasteiger partial charge >= 0.3 is 0 Å². The maximum Gasteiger partial charge on any atom is 0.247 e. The van der Waals surface area contributed by atoms with Crippen LogP contribution in [0.15, 0.2) is 52.9 Å². The Kier molecular flexibility index (Phi) is 5.09. The van der Waals surface area contributed by atoms with Crippen LogP contribution >= 0.6 is 0 Å². The summed E-state index contributed by atoms with van der Waals surface area (Å²) in [5.74, 6) is 1.73. The van der Waals surface area contributed by atoms with Gasteiger partial charge in [0.15, 0.2) is 0 Å². The van der Waals surface area contributed by atoms with Crippen LogP contribution in [0.2, 0.25) is 0 Å². The summed E-state index contributed by atoms with van der Waals surface area (Å²) in [6, 6.07) is 15.0. The van der Waals surface area contributed by atoms with E-state index in [1.807, 2.05) is 48.5 Å². The first-order chi connectivity index (χ1) is 12.2. The van der Waals surface area contributed by atoms with E-state index in [-0.39, 0.29) is 5.91 Å². The van der Waals surface area contributed by atoms with Crippen molar-refractivity contribution in [2.24, 2.45) is 0 Å². The number of carbonyl (C=O) groups is 1. The number of hydrogen-bond donors (Lipinski definition) is 1. The maximum atomic E-state index is 12.2. The molecule has 0 unspecified atom stereocenters. The molecule has 1 aromatic heterocycles. The first-order valence-electron chi connectivity index (χ1n) is 7.98. The van der Waals surface area contributed by atoms with Crippen molar-refractivity contribution >= 4 is 11.6 Å². The monoisotopic (exact) mass is 337 g/mol. The van der Waals surface area contributed by atoms with Crippen molar-refractivity contribution in [1.29, 1.82) is 0 Å². The van der Waals surface area contributed by atoms with E-state index in [2.05, 4.69) is 15.5 Å². The van der Waals surface area contributed by atoms with Crippen molar-refractivity contribution in [3.8, 4) is 17.2 Å². The third kappa shape index (κ3) is 4.23. The fourth-order valence-corrected chi connectivity index (χ4v) is 2.49. The second-order valence-electron chi connectivity index (χ2n) is 5.56. The van der Waals surface area contributed by atoms with Crippen LogP contribution in [-0.4, -0.2) is 23.2 Å². The lowest BCUT2D eigenvalue weighted by atomic mass is 10.1. The van der Waals surface area contributed by atoms with Gasteiger partial charge in [0.1, 0.15) is 5.75 Å². The van der Waals surface area contributed by atoms with Crippen molar-refractivity contribution in [2.75, 3.05) is 12.4 Å². The van der Waals surface area contributed by atoms with E-state index < -0.39 is 0 Å². The number of hydrogen-bond acceptors (Lipinski definition) is 5. The first kappa shape index (κ1) is 16.7. The Labute approximate surface area is 145 Å². The quantitative estimate of drug-likeness (QED) is 0.743. The number of amides is 1. The number of aryl methyl sites for hydroxylation is 2. The van der Waals surface area contributed by atoms with Gasteiger partial charge in [-0.3, -0.25) is 4.79 Å². The number of ether oxygens (including phenoxy) is 1. The predicted octanol–water partition coefficient (Wildman–Crippen LogP) is 3.62. The predicted molar refractivity (Wildman–Crippen MR) is 94.4 cm³/mol. The van der Waals surface area contributed by atoms with Gasteiger partial charge in [-0.2, -0.15) is 0 Å². The van der Waals surface area contributed by atoms with Crippen LogP contribution < -0.4 is 10.1 Å². The lowest BCUT2D eigenvalue weighted by Crippen LogP contribution is -2.12. The Morgan fingerprint density at radius 2 is 1.88 bits per heavy atom. The number of rotatable bonds is 6. The summed E-state index contributed by atoms with van der Waals surface area (Å²) in [6.07, 6.45) is 1.00. The zero-order valence-corrected chi connectivity index (χ0v) is 14.2. The summed E-state index contributed by atoms with van der Waals surface area (Å²) in [6.45, 7) is 1.74. The molecule has 1 heterocycles. The van der Waals surface area contributed by atoms with E-state index in [0.29, 0.717) is 24.6 Å². The van der Waals surface area contributed by atoms with Crippen LogP contribution in [0.1, 0.15) is 17.9 Å². The van der Waals surface area contributed by atoms with Gasteiger partial charge in [0.05, 0.1) is 7.11 Å². The van der Waals surface area contributed by atoms with Crippen LogP contribution in [0.3, 0.4) is 0 Å². The summed E-state index contributed by atoms with van der Waals surface area (Å²) in [4.78, 5) is 12.2. The second-order valence-corrected chi connectivity index (χ2v) is 5.56. The molecule has 0 saturated carbocycles. The minimum atomic E-state index is -0.0488. The number of carbonyl (C=O) groups excluding carboxylic acids is 1. The number of aromatic nitrogens is 2. The molecule has 128 valence electrons. The Morgan fingerprint density at radius 1 is 1.12 bits per heavy atom. The van der Waals surface area contributed by atoms with Crippen molar-refractivity contribution in [3.05, 3.63) is 60.0 Å². The molecule has 0 saturated heterocycles. The molecule has 1 N–H and O–H groups in total. The number of nitrogens with zero attached hydrogens (tertiary/aromatic N) is 2. The number of benzene rings is 2. The average molecular weight is 337 g/mol. The van der Waals surface area contributed by atoms with Gasteiger partial charge in [-0.1, -0.05) is 18.2 Å². The van der Waals surface area contributed by atoms with E-state index in [1.54, 1.807) is 14.0 Å². The molecule has 0 atom stereocenters. The first-order valence-corrected chi connectivity index (χ1v) is 7.98. The number of nitrogens with one attached hydrogen (secondary N) is 1. The van der Waals surface area contributed by atoms with Gasteiger partial charge in [-0.25, -0.2) is 0 Å². The second kappa shape index (κ2) is 7.61. The summed E-state index contributed by atoms with van der Waals surface area (Å²) in [5.41, 5.74) is 2.56. The normalized spacial score (nSPS) is 10.5. The highest BCUT2D eigenvalue weighted by molar-refractivity contribution is 5.91. The molecular weight excluding hydrogens is 318 g/mol. The third-order valence-electron chi connectivity index (χ3n) is 3.76. The summed E-state index contributed by atoms with van der Waals surface area (Å²) in [7, 11) is 1.63. The third-order valence-corrected chi connectivity index (χ3v) is 3.76. The van der Waals surface area contributed by atoms with Crippen molar-refractivity contribution in [3.63, 3.8) is 0 Å². The Balaban J connectivity index is 1.57. The minimum absolute atomic E-state index is 0.0488. The van der Waals surface area contributed by atoms with Gasteiger partial charge in [-0.15, -0.1) is 10.2 Å². The fraction of sp³-hybridized carbons (Fsp3) is 0.211. The molecule has 6 heteroatoms. The van der Waals surface area contributed by atoms with Crippen molar-refractivity contribution in [1.82, 2.24) is 10.2 Å². The largest absolute Gasteiger partial charge is 0.496 e. The highest BCUT2D eigenvalue weighted by Gasteiger charge is 2.08. The number of anilines is 1. The van der Waals surface area contributed by atoms with Crippen LogP contribution in [0.25, 0.3) is 11.5 Å². The average Bonchev–Trinajstić information content (AvgIpc) is 3.07. The molecule has 1 amide bonds. The topological polar surface area (TPSA) is 77.2 Å². The SMILES string of the molecule is COc1ccccc1CCC(=O)Nc1ccc(-c2nnc(C)o2)cc1. The molecule has 2 aromatic carbocycles. The van der Waals surface area contributed by atoms with Gasteiger partial charge in [-0.05, 0) is 42.3 Å². The van der Waals surface area contributed by atoms with Crippen LogP contribution in [0.4, 0.5) is 5.69 Å². The molecule has 25 heavy (non-hydrogen) atoms. The van der Waals surface area contributed by atoms with Gasteiger partial charge in [0.2, 0.25) is 17.7 Å². The summed E-state index contributed by atoms with van der Waals surface area (Å²) >= 11 is 0. The summed E-state index contributed by atoms with van der Waals surface area (Å²) < 4.78 is 10.7. The molecule has 0 radical (unpaired) electrons. The Morgan fingerprint density at radius 3 is 2.56 bits per heavy atom. The molecule has 0 aliphatic carbocycles. The standard InChI is InChI=1S/C19H19N3O3/c1-13-21-22-19(25-13)15-7-10-16(11-8-15)20-18(23)12-9-14-5-3-4-6-17(14)24-2/h3-8,10-11H,9,12H2,1-2H3,(H,20,23). The zero-order chi connectivity index (χ0) is 17.6. The summed E-state index contributed by atoms with van der Waals surface area (Å²) in [5, 5.41) is 10.7.